The number of hydrogen-bond acceptors (Lipinski definition) is 4. The van der Waals surface area contributed by atoms with Crippen molar-refractivity contribution >= 4 is 12.0 Å². The van der Waals surface area contributed by atoms with Crippen LogP contribution in [-0.2, 0) is 4.79 Å². The van der Waals surface area contributed by atoms with Gasteiger partial charge in [-0.3, -0.25) is 0 Å². The molecular formula is C12H14N2O5. The van der Waals surface area contributed by atoms with Gasteiger partial charge in [0.15, 0.2) is 6.04 Å². The van der Waals surface area contributed by atoms with Crippen LogP contribution in [0, 0.1) is 0 Å². The lowest BCUT2D eigenvalue weighted by Gasteiger charge is -2.15. The van der Waals surface area contributed by atoms with Crippen molar-refractivity contribution in [2.45, 2.75) is 12.1 Å². The van der Waals surface area contributed by atoms with Gasteiger partial charge in [0.1, 0.15) is 12.4 Å². The van der Waals surface area contributed by atoms with Crippen molar-refractivity contribution in [3.8, 4) is 5.75 Å². The molecule has 1 aliphatic heterocycles. The topological polar surface area (TPSA) is 108 Å². The Balaban J connectivity index is 1.96. The standard InChI is InChI=1S/C12H14N2O5/c15-5-8(11(16)17)13-12(18)14-9-6-19-10-4-2-1-3-7(9)10/h1-4,8-9,15H,5-6H2,(H,16,17)(H2,13,14,18). The molecule has 2 atom stereocenters. The largest absolute Gasteiger partial charge is 0.491 e. The second-order valence-corrected chi connectivity index (χ2v) is 4.09. The van der Waals surface area contributed by atoms with Crippen molar-refractivity contribution in [3.05, 3.63) is 29.8 Å². The van der Waals surface area contributed by atoms with Gasteiger partial charge in [-0.25, -0.2) is 9.59 Å². The van der Waals surface area contributed by atoms with E-state index < -0.39 is 24.6 Å². The van der Waals surface area contributed by atoms with Gasteiger partial charge in [-0.1, -0.05) is 18.2 Å². The summed E-state index contributed by atoms with van der Waals surface area (Å²) in [6.45, 7) is -0.371. The van der Waals surface area contributed by atoms with Crippen molar-refractivity contribution in [2.75, 3.05) is 13.2 Å². The van der Waals surface area contributed by atoms with E-state index in [2.05, 4.69) is 10.6 Å². The molecule has 2 unspecified atom stereocenters. The second-order valence-electron chi connectivity index (χ2n) is 4.09. The van der Waals surface area contributed by atoms with E-state index in [4.69, 9.17) is 14.9 Å². The fraction of sp³-hybridized carbons (Fsp3) is 0.333. The number of hydrogen-bond donors (Lipinski definition) is 4. The number of aliphatic hydroxyl groups excluding tert-OH is 1. The molecule has 7 nitrogen and oxygen atoms in total. The molecule has 0 saturated carbocycles. The molecule has 4 N–H and O–H groups in total. The van der Waals surface area contributed by atoms with Crippen LogP contribution < -0.4 is 15.4 Å². The Bertz CT molecular complexity index is 491. The van der Waals surface area contributed by atoms with Crippen LogP contribution in [0.1, 0.15) is 11.6 Å². The predicted octanol–water partition coefficient (Wildman–Crippen LogP) is -0.135. The normalized spacial score (nSPS) is 18.1. The highest BCUT2D eigenvalue weighted by atomic mass is 16.5. The minimum Gasteiger partial charge on any atom is -0.491 e. The van der Waals surface area contributed by atoms with E-state index in [1.807, 2.05) is 18.2 Å². The maximum Gasteiger partial charge on any atom is 0.328 e. The Morgan fingerprint density at radius 3 is 2.84 bits per heavy atom. The minimum absolute atomic E-state index is 0.295. The number of amides is 2. The maximum absolute atomic E-state index is 11.6. The SMILES string of the molecule is O=C(NC(CO)C(=O)O)NC1COc2ccccc21. The number of carboxylic acid groups (broad SMARTS) is 1. The number of aliphatic hydroxyl groups is 1. The van der Waals surface area contributed by atoms with Gasteiger partial charge in [-0.15, -0.1) is 0 Å². The Kier molecular flexibility index (Phi) is 3.86. The molecule has 2 amide bonds. The average molecular weight is 266 g/mol. The van der Waals surface area contributed by atoms with Crippen molar-refractivity contribution in [3.63, 3.8) is 0 Å². The molecule has 1 heterocycles. The van der Waals surface area contributed by atoms with Gasteiger partial charge < -0.3 is 25.6 Å². The molecule has 7 heteroatoms. The quantitative estimate of drug-likeness (QED) is 0.607. The number of carbonyl (C=O) groups excluding carboxylic acids is 1. The summed E-state index contributed by atoms with van der Waals surface area (Å²) in [5.41, 5.74) is 0.841. The predicted molar refractivity (Wildman–Crippen MR) is 64.9 cm³/mol. The number of carboxylic acids is 1. The first-order chi connectivity index (χ1) is 9.11. The molecular weight excluding hydrogens is 252 g/mol. The van der Waals surface area contributed by atoms with Crippen LogP contribution in [0.4, 0.5) is 4.79 Å². The highest BCUT2D eigenvalue weighted by Gasteiger charge is 2.26. The lowest BCUT2D eigenvalue weighted by molar-refractivity contribution is -0.140. The van der Waals surface area contributed by atoms with Crippen LogP contribution in [0.5, 0.6) is 5.75 Å². The Labute approximate surface area is 109 Å². The summed E-state index contributed by atoms with van der Waals surface area (Å²) in [5.74, 6) is -0.592. The van der Waals surface area contributed by atoms with E-state index in [0.29, 0.717) is 12.4 Å². The van der Waals surface area contributed by atoms with Crippen LogP contribution in [0.2, 0.25) is 0 Å². The monoisotopic (exact) mass is 266 g/mol. The van der Waals surface area contributed by atoms with Crippen LogP contribution >= 0.6 is 0 Å². The third-order valence-corrected chi connectivity index (χ3v) is 2.79. The molecule has 0 bridgehead atoms. The summed E-state index contributed by atoms with van der Waals surface area (Å²) in [4.78, 5) is 22.3. The van der Waals surface area contributed by atoms with Crippen molar-refractivity contribution in [1.29, 1.82) is 0 Å². The van der Waals surface area contributed by atoms with Crippen LogP contribution in [0.3, 0.4) is 0 Å². The molecule has 0 saturated heterocycles. The Hall–Kier alpha value is -2.28. The van der Waals surface area contributed by atoms with Gasteiger partial charge in [-0.05, 0) is 6.07 Å². The van der Waals surface area contributed by atoms with Gasteiger partial charge in [0, 0.05) is 5.56 Å². The average Bonchev–Trinajstić information content (AvgIpc) is 2.79. The van der Waals surface area contributed by atoms with E-state index in [-0.39, 0.29) is 6.04 Å². The van der Waals surface area contributed by atoms with Gasteiger partial charge in [0.25, 0.3) is 0 Å². The van der Waals surface area contributed by atoms with Gasteiger partial charge >= 0.3 is 12.0 Å². The summed E-state index contributed by atoms with van der Waals surface area (Å²) in [5, 5.41) is 22.3. The fourth-order valence-electron chi connectivity index (χ4n) is 1.83. The number of para-hydroxylation sites is 1. The van der Waals surface area contributed by atoms with Crippen molar-refractivity contribution in [2.24, 2.45) is 0 Å². The second kappa shape index (κ2) is 5.57. The zero-order valence-electron chi connectivity index (χ0n) is 10.00. The van der Waals surface area contributed by atoms with Crippen molar-refractivity contribution < 1.29 is 24.5 Å². The first kappa shape index (κ1) is 13.2. The lowest BCUT2D eigenvalue weighted by Crippen LogP contribution is -2.48. The number of aliphatic carboxylic acids is 1. The molecule has 1 aromatic rings. The minimum atomic E-state index is -1.32. The van der Waals surface area contributed by atoms with E-state index in [9.17, 15) is 9.59 Å². The number of ether oxygens (including phenoxy) is 1. The molecule has 0 aromatic heterocycles. The van der Waals surface area contributed by atoms with Crippen LogP contribution in [0.15, 0.2) is 24.3 Å². The summed E-state index contributed by atoms with van der Waals surface area (Å²) in [6, 6.07) is 4.96. The zero-order valence-corrected chi connectivity index (χ0v) is 10.00. The lowest BCUT2D eigenvalue weighted by atomic mass is 10.1. The van der Waals surface area contributed by atoms with E-state index >= 15 is 0 Å². The van der Waals surface area contributed by atoms with Gasteiger partial charge in [0.05, 0.1) is 12.6 Å². The third-order valence-electron chi connectivity index (χ3n) is 2.79. The highest BCUT2D eigenvalue weighted by molar-refractivity contribution is 5.82. The molecule has 1 aromatic carbocycles. The molecule has 1 aliphatic rings. The van der Waals surface area contributed by atoms with Crippen LogP contribution in [-0.4, -0.2) is 41.5 Å². The zero-order chi connectivity index (χ0) is 13.8. The molecule has 0 fully saturated rings. The van der Waals surface area contributed by atoms with E-state index in [0.717, 1.165) is 5.56 Å². The van der Waals surface area contributed by atoms with E-state index in [1.165, 1.54) is 0 Å². The molecule has 0 spiro atoms. The molecule has 0 radical (unpaired) electrons. The van der Waals surface area contributed by atoms with Gasteiger partial charge in [-0.2, -0.15) is 0 Å². The third kappa shape index (κ3) is 2.94. The first-order valence-corrected chi connectivity index (χ1v) is 5.74. The number of rotatable bonds is 4. The van der Waals surface area contributed by atoms with Gasteiger partial charge in [0.2, 0.25) is 0 Å². The highest BCUT2D eigenvalue weighted by Crippen LogP contribution is 2.31. The number of benzene rings is 1. The molecule has 19 heavy (non-hydrogen) atoms. The number of carbonyl (C=O) groups is 2. The summed E-state index contributed by atoms with van der Waals surface area (Å²) >= 11 is 0. The van der Waals surface area contributed by atoms with E-state index in [1.54, 1.807) is 6.07 Å². The maximum atomic E-state index is 11.6. The Morgan fingerprint density at radius 2 is 2.16 bits per heavy atom. The Morgan fingerprint density at radius 1 is 1.42 bits per heavy atom. The van der Waals surface area contributed by atoms with Crippen LogP contribution in [0.25, 0.3) is 0 Å². The fourth-order valence-corrected chi connectivity index (χ4v) is 1.83. The number of nitrogens with one attached hydrogen (secondary N) is 2. The summed E-state index contributed by atoms with van der Waals surface area (Å²) in [7, 11) is 0. The number of urea groups is 1. The molecule has 102 valence electrons. The smallest absolute Gasteiger partial charge is 0.328 e. The first-order valence-electron chi connectivity index (χ1n) is 5.74. The summed E-state index contributed by atoms with van der Waals surface area (Å²) in [6.07, 6.45) is 0. The van der Waals surface area contributed by atoms with Crippen molar-refractivity contribution in [1.82, 2.24) is 10.6 Å². The number of fused-ring (bicyclic) bond motifs is 1. The molecule has 2 rings (SSSR count). The summed E-state index contributed by atoms with van der Waals surface area (Å²) < 4.78 is 5.38. The molecule has 0 aliphatic carbocycles.